The fourth-order valence-corrected chi connectivity index (χ4v) is 1.57. The van der Waals surface area contributed by atoms with Crippen molar-refractivity contribution in [2.24, 2.45) is 0 Å². The summed E-state index contributed by atoms with van der Waals surface area (Å²) in [5.74, 6) is -0.128. The van der Waals surface area contributed by atoms with Gasteiger partial charge in [-0.05, 0) is 19.1 Å². The van der Waals surface area contributed by atoms with E-state index in [1.807, 2.05) is 0 Å². The summed E-state index contributed by atoms with van der Waals surface area (Å²) < 4.78 is 0. The van der Waals surface area contributed by atoms with Crippen LogP contribution >= 0.6 is 0 Å². The summed E-state index contributed by atoms with van der Waals surface area (Å²) in [5, 5.41) is 22.4. The second-order valence-electron chi connectivity index (χ2n) is 4.20. The van der Waals surface area contributed by atoms with E-state index in [9.17, 15) is 14.9 Å². The molecule has 1 N–H and O–H groups in total. The van der Waals surface area contributed by atoms with Gasteiger partial charge in [-0.2, -0.15) is 5.26 Å². The number of hydrogen-bond donors (Lipinski definition) is 1. The molecule has 19 heavy (non-hydrogen) atoms. The monoisotopic (exact) mass is 262 g/mol. The molecular weight excluding hydrogens is 248 g/mol. The SMILES string of the molecule is C[C@H](Nc1ccc([N+](=O)[O-])c(C#N)c1)C(=O)N(C)C. The fourth-order valence-electron chi connectivity index (χ4n) is 1.57. The highest BCUT2D eigenvalue weighted by Crippen LogP contribution is 2.22. The average Bonchev–Trinajstić information content (AvgIpc) is 2.36. The van der Waals surface area contributed by atoms with E-state index in [-0.39, 0.29) is 17.2 Å². The van der Waals surface area contributed by atoms with Crippen LogP contribution in [0.3, 0.4) is 0 Å². The first-order chi connectivity index (χ1) is 8.86. The molecule has 1 rings (SSSR count). The maximum absolute atomic E-state index is 11.7. The highest BCUT2D eigenvalue weighted by atomic mass is 16.6. The molecule has 1 aromatic rings. The molecule has 100 valence electrons. The summed E-state index contributed by atoms with van der Waals surface area (Å²) in [4.78, 5) is 23.2. The Morgan fingerprint density at radius 2 is 2.16 bits per heavy atom. The molecule has 0 radical (unpaired) electrons. The third kappa shape index (κ3) is 3.42. The zero-order chi connectivity index (χ0) is 14.6. The van der Waals surface area contributed by atoms with Gasteiger partial charge in [-0.3, -0.25) is 14.9 Å². The molecule has 0 aliphatic rings. The first-order valence-corrected chi connectivity index (χ1v) is 5.53. The van der Waals surface area contributed by atoms with Crippen LogP contribution in [0.2, 0.25) is 0 Å². The van der Waals surface area contributed by atoms with Crippen LogP contribution in [0, 0.1) is 21.4 Å². The lowest BCUT2D eigenvalue weighted by atomic mass is 10.1. The quantitative estimate of drug-likeness (QED) is 0.652. The number of rotatable bonds is 4. The minimum absolute atomic E-state index is 0.0421. The number of carbonyl (C=O) groups is 1. The van der Waals surface area contributed by atoms with Crippen LogP contribution in [0.15, 0.2) is 18.2 Å². The number of benzene rings is 1. The summed E-state index contributed by atoms with van der Waals surface area (Å²) in [6.45, 7) is 1.68. The van der Waals surface area contributed by atoms with E-state index in [2.05, 4.69) is 5.32 Å². The molecule has 1 atom stereocenters. The number of anilines is 1. The van der Waals surface area contributed by atoms with Gasteiger partial charge in [0.25, 0.3) is 5.69 Å². The van der Waals surface area contributed by atoms with Gasteiger partial charge in [0.05, 0.1) is 4.92 Å². The summed E-state index contributed by atoms with van der Waals surface area (Å²) in [6.07, 6.45) is 0. The fraction of sp³-hybridized carbons (Fsp3) is 0.333. The summed E-state index contributed by atoms with van der Waals surface area (Å²) in [6, 6.07) is 5.36. The van der Waals surface area contributed by atoms with Gasteiger partial charge in [-0.25, -0.2) is 0 Å². The first-order valence-electron chi connectivity index (χ1n) is 5.53. The Kier molecular flexibility index (Phi) is 4.42. The normalized spacial score (nSPS) is 11.3. The molecular formula is C12H14N4O3. The van der Waals surface area contributed by atoms with Crippen molar-refractivity contribution in [2.75, 3.05) is 19.4 Å². The predicted molar refractivity (Wildman–Crippen MR) is 69.6 cm³/mol. The van der Waals surface area contributed by atoms with Gasteiger partial charge in [0, 0.05) is 25.8 Å². The van der Waals surface area contributed by atoms with Crippen LogP contribution in [-0.4, -0.2) is 35.9 Å². The number of nitro benzene ring substituents is 1. The Balaban J connectivity index is 2.96. The zero-order valence-corrected chi connectivity index (χ0v) is 10.9. The molecule has 0 saturated carbocycles. The van der Waals surface area contributed by atoms with Crippen molar-refractivity contribution in [3.63, 3.8) is 0 Å². The smallest absolute Gasteiger partial charge is 0.287 e. The molecule has 0 aromatic heterocycles. The van der Waals surface area contributed by atoms with Crippen LogP contribution in [0.1, 0.15) is 12.5 Å². The Morgan fingerprint density at radius 3 is 2.63 bits per heavy atom. The maximum atomic E-state index is 11.7. The topological polar surface area (TPSA) is 99.3 Å². The molecule has 0 heterocycles. The lowest BCUT2D eigenvalue weighted by molar-refractivity contribution is -0.385. The third-order valence-corrected chi connectivity index (χ3v) is 2.51. The van der Waals surface area contributed by atoms with Crippen LogP contribution < -0.4 is 5.32 Å². The molecule has 0 bridgehead atoms. The highest BCUT2D eigenvalue weighted by molar-refractivity contribution is 5.84. The van der Waals surface area contributed by atoms with E-state index >= 15 is 0 Å². The third-order valence-electron chi connectivity index (χ3n) is 2.51. The van der Waals surface area contributed by atoms with Gasteiger partial charge in [-0.1, -0.05) is 0 Å². The van der Waals surface area contributed by atoms with Crippen molar-refractivity contribution in [1.29, 1.82) is 5.26 Å². The van der Waals surface area contributed by atoms with Gasteiger partial charge >= 0.3 is 0 Å². The summed E-state index contributed by atoms with van der Waals surface area (Å²) in [5.41, 5.74) is 0.198. The molecule has 1 amide bonds. The lowest BCUT2D eigenvalue weighted by Crippen LogP contribution is -2.36. The van der Waals surface area contributed by atoms with Crippen molar-refractivity contribution in [3.05, 3.63) is 33.9 Å². The Hall–Kier alpha value is -2.62. The molecule has 0 aliphatic carbocycles. The molecule has 0 unspecified atom stereocenters. The zero-order valence-electron chi connectivity index (χ0n) is 10.9. The molecule has 0 saturated heterocycles. The van der Waals surface area contributed by atoms with Crippen LogP contribution in [0.25, 0.3) is 0 Å². The van der Waals surface area contributed by atoms with Crippen molar-refractivity contribution >= 4 is 17.3 Å². The number of nitro groups is 1. The van der Waals surface area contributed by atoms with Crippen LogP contribution in [0.5, 0.6) is 0 Å². The Labute approximate surface area is 110 Å². The van der Waals surface area contributed by atoms with Gasteiger partial charge < -0.3 is 10.2 Å². The van der Waals surface area contributed by atoms with Crippen LogP contribution in [-0.2, 0) is 4.79 Å². The largest absolute Gasteiger partial charge is 0.374 e. The van der Waals surface area contributed by atoms with Crippen molar-refractivity contribution in [2.45, 2.75) is 13.0 Å². The number of amides is 1. The number of nitrogens with zero attached hydrogens (tertiary/aromatic N) is 3. The van der Waals surface area contributed by atoms with E-state index in [0.29, 0.717) is 5.69 Å². The maximum Gasteiger partial charge on any atom is 0.287 e. The minimum atomic E-state index is -0.614. The number of hydrogen-bond acceptors (Lipinski definition) is 5. The Morgan fingerprint density at radius 1 is 1.53 bits per heavy atom. The van der Waals surface area contributed by atoms with Gasteiger partial charge in [0.1, 0.15) is 17.7 Å². The van der Waals surface area contributed by atoms with E-state index in [1.54, 1.807) is 27.1 Å². The molecule has 0 aliphatic heterocycles. The van der Waals surface area contributed by atoms with E-state index in [4.69, 9.17) is 5.26 Å². The predicted octanol–water partition coefficient (Wildman–Crippen LogP) is 1.36. The molecule has 7 heteroatoms. The number of nitriles is 1. The van der Waals surface area contributed by atoms with Crippen molar-refractivity contribution in [1.82, 2.24) is 4.90 Å². The van der Waals surface area contributed by atoms with Gasteiger partial charge in [0.2, 0.25) is 5.91 Å². The van der Waals surface area contributed by atoms with Gasteiger partial charge in [-0.15, -0.1) is 0 Å². The molecule has 0 fully saturated rings. The molecule has 1 aromatic carbocycles. The number of nitrogens with one attached hydrogen (secondary N) is 1. The molecule has 7 nitrogen and oxygen atoms in total. The summed E-state index contributed by atoms with van der Waals surface area (Å²) >= 11 is 0. The van der Waals surface area contributed by atoms with E-state index in [1.165, 1.54) is 23.1 Å². The average molecular weight is 262 g/mol. The second-order valence-corrected chi connectivity index (χ2v) is 4.20. The van der Waals surface area contributed by atoms with E-state index < -0.39 is 11.0 Å². The van der Waals surface area contributed by atoms with Crippen molar-refractivity contribution < 1.29 is 9.72 Å². The highest BCUT2D eigenvalue weighted by Gasteiger charge is 2.17. The van der Waals surface area contributed by atoms with E-state index in [0.717, 1.165) is 0 Å². The van der Waals surface area contributed by atoms with Crippen molar-refractivity contribution in [3.8, 4) is 6.07 Å². The van der Waals surface area contributed by atoms with Crippen LogP contribution in [0.4, 0.5) is 11.4 Å². The summed E-state index contributed by atoms with van der Waals surface area (Å²) in [7, 11) is 3.27. The Bertz CT molecular complexity index is 548. The first kappa shape index (κ1) is 14.4. The standard InChI is InChI=1S/C12H14N4O3/c1-8(12(17)15(2)3)14-10-4-5-11(16(18)19)9(6-10)7-13/h4-6,8,14H,1-3H3/t8-/m0/s1. The van der Waals surface area contributed by atoms with Gasteiger partial charge in [0.15, 0.2) is 0 Å². The minimum Gasteiger partial charge on any atom is -0.374 e. The lowest BCUT2D eigenvalue weighted by Gasteiger charge is -2.18. The molecule has 0 spiro atoms. The second kappa shape index (κ2) is 5.82. The number of carbonyl (C=O) groups excluding carboxylic acids is 1. The number of likely N-dealkylation sites (N-methyl/N-ethyl adjacent to an activating group) is 1.